The van der Waals surface area contributed by atoms with Crippen LogP contribution in [0.3, 0.4) is 0 Å². The summed E-state index contributed by atoms with van der Waals surface area (Å²) in [5, 5.41) is 0. The van der Waals surface area contributed by atoms with Gasteiger partial charge < -0.3 is 15.2 Å². The van der Waals surface area contributed by atoms with Gasteiger partial charge in [-0.15, -0.1) is 0 Å². The highest BCUT2D eigenvalue weighted by Crippen LogP contribution is 2.29. The van der Waals surface area contributed by atoms with Crippen LogP contribution in [0.1, 0.15) is 24.0 Å². The van der Waals surface area contributed by atoms with E-state index in [0.717, 1.165) is 36.3 Å². The first-order valence-electron chi connectivity index (χ1n) is 5.58. The summed E-state index contributed by atoms with van der Waals surface area (Å²) in [5.74, 6) is 1.71. The molecule has 0 unspecified atom stereocenters. The number of rotatable bonds is 6. The van der Waals surface area contributed by atoms with E-state index in [1.54, 1.807) is 14.2 Å². The van der Waals surface area contributed by atoms with Gasteiger partial charge in [-0.3, -0.25) is 0 Å². The second-order valence-electron chi connectivity index (χ2n) is 3.95. The minimum absolute atomic E-state index is 0.566. The van der Waals surface area contributed by atoms with Gasteiger partial charge in [0, 0.05) is 5.56 Å². The fraction of sp³-hybridized carbons (Fsp3) is 0.462. The molecule has 4 heteroatoms. The Kier molecular flexibility index (Phi) is 5.22. The second kappa shape index (κ2) is 6.45. The summed E-state index contributed by atoms with van der Waals surface area (Å²) in [6, 6.07) is 4.08. The third-order valence-electron chi connectivity index (χ3n) is 2.70. The van der Waals surface area contributed by atoms with Crippen molar-refractivity contribution in [3.05, 3.63) is 23.3 Å². The summed E-state index contributed by atoms with van der Waals surface area (Å²) in [6.45, 7) is 1.98. The molecule has 94 valence electrons. The average molecular weight is 253 g/mol. The monoisotopic (exact) mass is 253 g/mol. The minimum atomic E-state index is 0.566. The topological polar surface area (TPSA) is 44.5 Å². The van der Waals surface area contributed by atoms with E-state index in [4.69, 9.17) is 27.4 Å². The van der Waals surface area contributed by atoms with E-state index in [9.17, 15) is 0 Å². The molecular formula is C13H19NO2S. The van der Waals surface area contributed by atoms with Crippen molar-refractivity contribution in [1.29, 1.82) is 0 Å². The van der Waals surface area contributed by atoms with Crippen molar-refractivity contribution < 1.29 is 9.47 Å². The number of thiocarbonyl (C=S) groups is 1. The molecule has 0 bridgehead atoms. The van der Waals surface area contributed by atoms with Gasteiger partial charge in [-0.2, -0.15) is 0 Å². The van der Waals surface area contributed by atoms with Crippen LogP contribution in [-0.4, -0.2) is 19.2 Å². The molecule has 1 rings (SSSR count). The molecule has 17 heavy (non-hydrogen) atoms. The molecule has 0 saturated heterocycles. The molecule has 1 aromatic rings. The Bertz CT molecular complexity index is 379. The quantitative estimate of drug-likeness (QED) is 0.792. The lowest BCUT2D eigenvalue weighted by Gasteiger charge is -2.12. The van der Waals surface area contributed by atoms with E-state index >= 15 is 0 Å². The van der Waals surface area contributed by atoms with Gasteiger partial charge in [-0.05, 0) is 43.9 Å². The zero-order valence-corrected chi connectivity index (χ0v) is 11.4. The largest absolute Gasteiger partial charge is 0.496 e. The second-order valence-corrected chi connectivity index (χ2v) is 4.47. The maximum Gasteiger partial charge on any atom is 0.125 e. The van der Waals surface area contributed by atoms with Crippen molar-refractivity contribution in [3.8, 4) is 11.5 Å². The molecule has 0 aliphatic carbocycles. The number of hydrogen-bond donors (Lipinski definition) is 1. The van der Waals surface area contributed by atoms with Crippen molar-refractivity contribution in [1.82, 2.24) is 0 Å². The minimum Gasteiger partial charge on any atom is -0.496 e. The highest BCUT2D eigenvalue weighted by atomic mass is 32.1. The van der Waals surface area contributed by atoms with E-state index in [0.29, 0.717) is 4.99 Å². The molecule has 0 amide bonds. The Labute approximate surface area is 108 Å². The third-order valence-corrected chi connectivity index (χ3v) is 2.90. The van der Waals surface area contributed by atoms with Crippen molar-refractivity contribution in [2.24, 2.45) is 5.73 Å². The summed E-state index contributed by atoms with van der Waals surface area (Å²) in [7, 11) is 3.33. The Morgan fingerprint density at radius 3 is 2.18 bits per heavy atom. The summed E-state index contributed by atoms with van der Waals surface area (Å²) >= 11 is 4.86. The van der Waals surface area contributed by atoms with Gasteiger partial charge in [0.25, 0.3) is 0 Å². The molecule has 0 spiro atoms. The molecule has 0 aliphatic rings. The van der Waals surface area contributed by atoms with Crippen LogP contribution in [0.2, 0.25) is 0 Å². The smallest absolute Gasteiger partial charge is 0.125 e. The van der Waals surface area contributed by atoms with Crippen molar-refractivity contribution in [2.45, 2.75) is 26.2 Å². The van der Waals surface area contributed by atoms with Crippen LogP contribution in [0, 0.1) is 6.92 Å². The van der Waals surface area contributed by atoms with Gasteiger partial charge in [0.1, 0.15) is 11.5 Å². The number of benzene rings is 1. The average Bonchev–Trinajstić information content (AvgIpc) is 2.30. The van der Waals surface area contributed by atoms with Crippen LogP contribution in [0.4, 0.5) is 0 Å². The first kappa shape index (κ1) is 13.8. The van der Waals surface area contributed by atoms with E-state index in [2.05, 4.69) is 0 Å². The van der Waals surface area contributed by atoms with Crippen molar-refractivity contribution in [3.63, 3.8) is 0 Å². The number of ether oxygens (including phenoxy) is 2. The zero-order chi connectivity index (χ0) is 12.8. The molecule has 2 N–H and O–H groups in total. The van der Waals surface area contributed by atoms with Gasteiger partial charge in [-0.1, -0.05) is 12.2 Å². The Balaban J connectivity index is 2.82. The van der Waals surface area contributed by atoms with Gasteiger partial charge in [-0.25, -0.2) is 0 Å². The van der Waals surface area contributed by atoms with Crippen LogP contribution < -0.4 is 15.2 Å². The third kappa shape index (κ3) is 3.89. The van der Waals surface area contributed by atoms with E-state index in [1.165, 1.54) is 5.56 Å². The normalized spacial score (nSPS) is 10.1. The van der Waals surface area contributed by atoms with Crippen LogP contribution in [-0.2, 0) is 6.42 Å². The summed E-state index contributed by atoms with van der Waals surface area (Å²) < 4.78 is 10.7. The molecule has 1 aromatic carbocycles. The Morgan fingerprint density at radius 2 is 1.76 bits per heavy atom. The van der Waals surface area contributed by atoms with Crippen LogP contribution in [0.25, 0.3) is 0 Å². The highest BCUT2D eigenvalue weighted by molar-refractivity contribution is 7.80. The predicted molar refractivity (Wildman–Crippen MR) is 74.0 cm³/mol. The first-order valence-corrected chi connectivity index (χ1v) is 5.99. The van der Waals surface area contributed by atoms with Crippen molar-refractivity contribution >= 4 is 17.2 Å². The predicted octanol–water partition coefficient (Wildman–Crippen LogP) is 2.62. The maximum atomic E-state index is 5.47. The Morgan fingerprint density at radius 1 is 1.24 bits per heavy atom. The lowest BCUT2D eigenvalue weighted by molar-refractivity contribution is 0.388. The SMILES string of the molecule is COc1cc(CCCC(N)=S)cc(OC)c1C. The number of methoxy groups -OCH3 is 2. The number of hydrogen-bond acceptors (Lipinski definition) is 3. The highest BCUT2D eigenvalue weighted by Gasteiger charge is 2.08. The molecule has 0 radical (unpaired) electrons. The van der Waals surface area contributed by atoms with Crippen LogP contribution in [0.5, 0.6) is 11.5 Å². The molecule has 0 heterocycles. The lowest BCUT2D eigenvalue weighted by atomic mass is 10.0. The maximum absolute atomic E-state index is 5.47. The Hall–Kier alpha value is -1.29. The van der Waals surface area contributed by atoms with Crippen LogP contribution in [0.15, 0.2) is 12.1 Å². The lowest BCUT2D eigenvalue weighted by Crippen LogP contribution is -2.07. The fourth-order valence-electron chi connectivity index (χ4n) is 1.75. The fourth-order valence-corrected chi connectivity index (χ4v) is 1.90. The molecule has 0 aromatic heterocycles. The van der Waals surface area contributed by atoms with E-state index in [1.807, 2.05) is 19.1 Å². The molecule has 0 saturated carbocycles. The molecular weight excluding hydrogens is 234 g/mol. The zero-order valence-electron chi connectivity index (χ0n) is 10.6. The van der Waals surface area contributed by atoms with Gasteiger partial charge >= 0.3 is 0 Å². The molecule has 3 nitrogen and oxygen atoms in total. The summed E-state index contributed by atoms with van der Waals surface area (Å²) in [6.07, 6.45) is 2.64. The molecule has 0 fully saturated rings. The molecule has 0 atom stereocenters. The summed E-state index contributed by atoms with van der Waals surface area (Å²) in [4.78, 5) is 0.566. The van der Waals surface area contributed by atoms with Gasteiger partial charge in [0.15, 0.2) is 0 Å². The number of nitrogens with two attached hydrogens (primary N) is 1. The van der Waals surface area contributed by atoms with E-state index < -0.39 is 0 Å². The van der Waals surface area contributed by atoms with Crippen LogP contribution >= 0.6 is 12.2 Å². The number of aryl methyl sites for hydroxylation is 1. The van der Waals surface area contributed by atoms with Gasteiger partial charge in [0.05, 0.1) is 19.2 Å². The van der Waals surface area contributed by atoms with Gasteiger partial charge in [0.2, 0.25) is 0 Å². The first-order chi connectivity index (χ1) is 8.08. The standard InChI is InChI=1S/C13H19NO2S/c1-9-11(15-2)7-10(8-12(9)16-3)5-4-6-13(14)17/h7-8H,4-6H2,1-3H3,(H2,14,17). The summed E-state index contributed by atoms with van der Waals surface area (Å²) in [5.41, 5.74) is 7.68. The van der Waals surface area contributed by atoms with Crippen molar-refractivity contribution in [2.75, 3.05) is 14.2 Å². The molecule has 0 aliphatic heterocycles. The van der Waals surface area contributed by atoms with E-state index in [-0.39, 0.29) is 0 Å².